The van der Waals surface area contributed by atoms with Crippen molar-refractivity contribution < 1.29 is 14.8 Å². The van der Waals surface area contributed by atoms with E-state index in [2.05, 4.69) is 15.9 Å². The zero-order valence-electron chi connectivity index (χ0n) is 10.6. The standard InChI is InChI=1S/C14H12BrNO4/c1-9(17)11-4-2-3-5-13(11)20-14-8-10(15)6-7-12(14)16(18)19/h2-9,17H,1H3. The summed E-state index contributed by atoms with van der Waals surface area (Å²) in [5.74, 6) is 0.515. The molecular weight excluding hydrogens is 326 g/mol. The van der Waals surface area contributed by atoms with Crippen LogP contribution in [0.15, 0.2) is 46.9 Å². The second kappa shape index (κ2) is 6.02. The topological polar surface area (TPSA) is 72.6 Å². The van der Waals surface area contributed by atoms with Crippen molar-refractivity contribution in [1.82, 2.24) is 0 Å². The number of rotatable bonds is 4. The summed E-state index contributed by atoms with van der Waals surface area (Å²) in [6.07, 6.45) is -0.725. The van der Waals surface area contributed by atoms with E-state index in [4.69, 9.17) is 4.74 Å². The summed E-state index contributed by atoms with van der Waals surface area (Å²) in [5.41, 5.74) is 0.440. The number of nitro benzene ring substituents is 1. The van der Waals surface area contributed by atoms with Gasteiger partial charge in [0.2, 0.25) is 5.75 Å². The summed E-state index contributed by atoms with van der Waals surface area (Å²) >= 11 is 3.25. The van der Waals surface area contributed by atoms with Crippen molar-refractivity contribution in [2.24, 2.45) is 0 Å². The number of benzene rings is 2. The Balaban J connectivity index is 2.45. The molecule has 5 nitrogen and oxygen atoms in total. The Hall–Kier alpha value is -1.92. The highest BCUT2D eigenvalue weighted by Crippen LogP contribution is 2.36. The molecule has 0 saturated heterocycles. The minimum absolute atomic E-state index is 0.123. The fourth-order valence-corrected chi connectivity index (χ4v) is 2.10. The van der Waals surface area contributed by atoms with Gasteiger partial charge < -0.3 is 9.84 Å². The lowest BCUT2D eigenvalue weighted by Gasteiger charge is -2.13. The van der Waals surface area contributed by atoms with Crippen molar-refractivity contribution in [2.45, 2.75) is 13.0 Å². The molecule has 2 aromatic carbocycles. The van der Waals surface area contributed by atoms with E-state index >= 15 is 0 Å². The summed E-state index contributed by atoms with van der Waals surface area (Å²) in [6.45, 7) is 1.61. The first kappa shape index (κ1) is 14.5. The smallest absolute Gasteiger partial charge is 0.311 e. The predicted octanol–water partition coefficient (Wildman–Crippen LogP) is 4.20. The van der Waals surface area contributed by atoms with E-state index < -0.39 is 11.0 Å². The third kappa shape index (κ3) is 3.15. The molecule has 0 bridgehead atoms. The zero-order valence-corrected chi connectivity index (χ0v) is 12.2. The number of halogens is 1. The van der Waals surface area contributed by atoms with Gasteiger partial charge in [0.25, 0.3) is 0 Å². The van der Waals surface area contributed by atoms with Crippen LogP contribution in [-0.4, -0.2) is 10.0 Å². The quantitative estimate of drug-likeness (QED) is 0.670. The second-order valence-electron chi connectivity index (χ2n) is 4.19. The molecule has 104 valence electrons. The van der Waals surface area contributed by atoms with Crippen LogP contribution in [0.2, 0.25) is 0 Å². The molecule has 0 spiro atoms. The zero-order chi connectivity index (χ0) is 14.7. The third-order valence-corrected chi connectivity index (χ3v) is 3.20. The molecule has 0 aliphatic rings. The van der Waals surface area contributed by atoms with E-state index in [1.54, 1.807) is 37.3 Å². The molecule has 2 aromatic rings. The highest BCUT2D eigenvalue weighted by molar-refractivity contribution is 9.10. The summed E-state index contributed by atoms with van der Waals surface area (Å²) in [4.78, 5) is 10.5. The first-order valence-electron chi connectivity index (χ1n) is 5.88. The van der Waals surface area contributed by atoms with Crippen molar-refractivity contribution in [3.63, 3.8) is 0 Å². The van der Waals surface area contributed by atoms with Gasteiger partial charge in [-0.1, -0.05) is 34.1 Å². The highest BCUT2D eigenvalue weighted by Gasteiger charge is 2.18. The minimum Gasteiger partial charge on any atom is -0.450 e. The van der Waals surface area contributed by atoms with Gasteiger partial charge in [-0.15, -0.1) is 0 Å². The van der Waals surface area contributed by atoms with Crippen molar-refractivity contribution >= 4 is 21.6 Å². The summed E-state index contributed by atoms with van der Waals surface area (Å²) in [7, 11) is 0. The normalized spacial score (nSPS) is 11.9. The van der Waals surface area contributed by atoms with Crippen LogP contribution in [0.1, 0.15) is 18.6 Å². The molecule has 1 N–H and O–H groups in total. The summed E-state index contributed by atoms with van der Waals surface area (Å²) < 4.78 is 6.29. The molecule has 20 heavy (non-hydrogen) atoms. The van der Waals surface area contributed by atoms with E-state index in [0.29, 0.717) is 15.8 Å². The Labute approximate surface area is 124 Å². The Morgan fingerprint density at radius 3 is 2.60 bits per heavy atom. The lowest BCUT2D eigenvalue weighted by molar-refractivity contribution is -0.385. The molecule has 0 amide bonds. The van der Waals surface area contributed by atoms with Crippen LogP contribution in [0, 0.1) is 10.1 Å². The maximum atomic E-state index is 11.0. The molecule has 0 aliphatic heterocycles. The molecule has 1 atom stereocenters. The lowest BCUT2D eigenvalue weighted by Crippen LogP contribution is -1.98. The van der Waals surface area contributed by atoms with Gasteiger partial charge in [0.05, 0.1) is 11.0 Å². The van der Waals surface area contributed by atoms with E-state index in [-0.39, 0.29) is 11.4 Å². The molecule has 0 radical (unpaired) electrons. The van der Waals surface area contributed by atoms with Gasteiger partial charge in [0.1, 0.15) is 5.75 Å². The molecule has 0 fully saturated rings. The van der Waals surface area contributed by atoms with Crippen LogP contribution in [0.5, 0.6) is 11.5 Å². The van der Waals surface area contributed by atoms with Gasteiger partial charge in [-0.25, -0.2) is 0 Å². The van der Waals surface area contributed by atoms with Gasteiger partial charge in [0.15, 0.2) is 0 Å². The molecule has 0 saturated carbocycles. The summed E-state index contributed by atoms with van der Waals surface area (Å²) in [5, 5.41) is 20.7. The molecule has 6 heteroatoms. The first-order chi connectivity index (χ1) is 9.49. The lowest BCUT2D eigenvalue weighted by atomic mass is 10.1. The van der Waals surface area contributed by atoms with Crippen molar-refractivity contribution in [3.05, 3.63) is 62.6 Å². The maximum Gasteiger partial charge on any atom is 0.311 e. The molecule has 0 aromatic heterocycles. The Morgan fingerprint density at radius 2 is 1.95 bits per heavy atom. The molecule has 1 unspecified atom stereocenters. The Morgan fingerprint density at radius 1 is 1.25 bits per heavy atom. The number of nitrogens with zero attached hydrogens (tertiary/aromatic N) is 1. The molecule has 0 aliphatic carbocycles. The van der Waals surface area contributed by atoms with Crippen molar-refractivity contribution in [3.8, 4) is 11.5 Å². The van der Waals surface area contributed by atoms with Crippen molar-refractivity contribution in [2.75, 3.05) is 0 Å². The van der Waals surface area contributed by atoms with Gasteiger partial charge in [-0.2, -0.15) is 0 Å². The minimum atomic E-state index is -0.725. The number of aliphatic hydroxyl groups excluding tert-OH is 1. The van der Waals surface area contributed by atoms with E-state index in [1.165, 1.54) is 12.1 Å². The third-order valence-electron chi connectivity index (χ3n) is 2.71. The van der Waals surface area contributed by atoms with E-state index in [0.717, 1.165) is 0 Å². The van der Waals surface area contributed by atoms with Crippen LogP contribution < -0.4 is 4.74 Å². The van der Waals surface area contributed by atoms with Crippen LogP contribution in [0.25, 0.3) is 0 Å². The molecule has 0 heterocycles. The average molecular weight is 338 g/mol. The second-order valence-corrected chi connectivity index (χ2v) is 5.10. The Kier molecular flexibility index (Phi) is 4.36. The number of hydrogen-bond donors (Lipinski definition) is 1. The number of hydrogen-bond acceptors (Lipinski definition) is 4. The van der Waals surface area contributed by atoms with E-state index in [9.17, 15) is 15.2 Å². The van der Waals surface area contributed by atoms with E-state index in [1.807, 2.05) is 0 Å². The maximum absolute atomic E-state index is 11.0. The number of ether oxygens (including phenoxy) is 1. The number of nitro groups is 1. The first-order valence-corrected chi connectivity index (χ1v) is 6.67. The highest BCUT2D eigenvalue weighted by atomic mass is 79.9. The van der Waals surface area contributed by atoms with Crippen LogP contribution in [0.4, 0.5) is 5.69 Å². The van der Waals surface area contributed by atoms with Gasteiger partial charge in [-0.05, 0) is 19.1 Å². The summed E-state index contributed by atoms with van der Waals surface area (Å²) in [6, 6.07) is 11.3. The SMILES string of the molecule is CC(O)c1ccccc1Oc1cc(Br)ccc1[N+](=O)[O-]. The van der Waals surface area contributed by atoms with Crippen LogP contribution in [0.3, 0.4) is 0 Å². The van der Waals surface area contributed by atoms with Crippen LogP contribution in [-0.2, 0) is 0 Å². The fourth-order valence-electron chi connectivity index (χ4n) is 1.76. The predicted molar refractivity (Wildman–Crippen MR) is 77.9 cm³/mol. The fraction of sp³-hybridized carbons (Fsp3) is 0.143. The van der Waals surface area contributed by atoms with Gasteiger partial charge >= 0.3 is 5.69 Å². The van der Waals surface area contributed by atoms with Gasteiger partial charge in [-0.3, -0.25) is 10.1 Å². The van der Waals surface area contributed by atoms with Crippen molar-refractivity contribution in [1.29, 1.82) is 0 Å². The number of para-hydroxylation sites is 1. The average Bonchev–Trinajstić information content (AvgIpc) is 2.38. The molecular formula is C14H12BrNO4. The van der Waals surface area contributed by atoms with Crippen LogP contribution >= 0.6 is 15.9 Å². The largest absolute Gasteiger partial charge is 0.450 e. The number of aliphatic hydroxyl groups is 1. The monoisotopic (exact) mass is 337 g/mol. The molecule has 2 rings (SSSR count). The van der Waals surface area contributed by atoms with Gasteiger partial charge in [0, 0.05) is 22.2 Å². The Bertz CT molecular complexity index is 643.